The highest BCUT2D eigenvalue weighted by Crippen LogP contribution is 2.06. The van der Waals surface area contributed by atoms with Crippen molar-refractivity contribution in [3.05, 3.63) is 71.3 Å². The van der Waals surface area contributed by atoms with Crippen molar-refractivity contribution in [1.29, 1.82) is 0 Å². The second-order valence-electron chi connectivity index (χ2n) is 4.06. The number of hydrogen-bond acceptors (Lipinski definition) is 1. The lowest BCUT2D eigenvalue weighted by Crippen LogP contribution is -2.13. The van der Waals surface area contributed by atoms with Crippen LogP contribution in [0.25, 0.3) is 0 Å². The molecule has 0 aliphatic carbocycles. The Labute approximate surface area is 102 Å². The van der Waals surface area contributed by atoms with Crippen molar-refractivity contribution in [1.82, 2.24) is 0 Å². The molecule has 0 spiro atoms. The summed E-state index contributed by atoms with van der Waals surface area (Å²) in [6.07, 6.45) is 0. The fourth-order valence-corrected chi connectivity index (χ4v) is 1.69. The van der Waals surface area contributed by atoms with Gasteiger partial charge in [0.2, 0.25) is 0 Å². The van der Waals surface area contributed by atoms with Crippen LogP contribution < -0.4 is 5.73 Å². The molecule has 2 nitrogen and oxygen atoms in total. The van der Waals surface area contributed by atoms with Gasteiger partial charge in [-0.05, 0) is 12.5 Å². The summed E-state index contributed by atoms with van der Waals surface area (Å²) in [7, 11) is 0. The van der Waals surface area contributed by atoms with E-state index < -0.39 is 0 Å². The van der Waals surface area contributed by atoms with E-state index in [0.717, 1.165) is 5.56 Å². The molecule has 0 atom stereocenters. The molecule has 2 N–H and O–H groups in total. The van der Waals surface area contributed by atoms with Gasteiger partial charge in [-0.25, -0.2) is 0 Å². The maximum atomic E-state index is 5.93. The summed E-state index contributed by atoms with van der Waals surface area (Å²) >= 11 is 0. The molecule has 0 amide bonds. The van der Waals surface area contributed by atoms with Crippen LogP contribution in [-0.2, 0) is 6.54 Å². The van der Waals surface area contributed by atoms with Gasteiger partial charge < -0.3 is 5.73 Å². The molecule has 0 aliphatic rings. The molecule has 2 aromatic rings. The van der Waals surface area contributed by atoms with Gasteiger partial charge in [-0.3, -0.25) is 4.99 Å². The van der Waals surface area contributed by atoms with Crippen molar-refractivity contribution in [2.45, 2.75) is 13.5 Å². The predicted octanol–water partition coefficient (Wildman–Crippen LogP) is 2.90. The van der Waals surface area contributed by atoms with Crippen LogP contribution in [0.2, 0.25) is 0 Å². The van der Waals surface area contributed by atoms with E-state index in [1.165, 1.54) is 11.1 Å². The third kappa shape index (κ3) is 3.18. The molecule has 2 heteroatoms. The van der Waals surface area contributed by atoms with Gasteiger partial charge in [0.05, 0.1) is 6.54 Å². The Balaban J connectivity index is 2.11. The Kier molecular flexibility index (Phi) is 3.55. The molecule has 0 aromatic heterocycles. The molecular formula is C15H16N2. The number of rotatable bonds is 3. The van der Waals surface area contributed by atoms with Gasteiger partial charge in [-0.2, -0.15) is 0 Å². The first-order chi connectivity index (χ1) is 8.25. The molecule has 86 valence electrons. The summed E-state index contributed by atoms with van der Waals surface area (Å²) in [4.78, 5) is 4.40. The summed E-state index contributed by atoms with van der Waals surface area (Å²) in [5, 5.41) is 0. The lowest BCUT2D eigenvalue weighted by Gasteiger charge is -2.02. The van der Waals surface area contributed by atoms with Gasteiger partial charge in [0.1, 0.15) is 5.84 Å². The van der Waals surface area contributed by atoms with Crippen molar-refractivity contribution in [3.63, 3.8) is 0 Å². The molecule has 0 radical (unpaired) electrons. The number of amidine groups is 1. The Hall–Kier alpha value is -2.09. The molecule has 0 saturated carbocycles. The maximum absolute atomic E-state index is 5.93. The zero-order valence-electron chi connectivity index (χ0n) is 9.93. The van der Waals surface area contributed by atoms with Crippen molar-refractivity contribution >= 4 is 5.84 Å². The minimum Gasteiger partial charge on any atom is -0.383 e. The van der Waals surface area contributed by atoms with Gasteiger partial charge >= 0.3 is 0 Å². The van der Waals surface area contributed by atoms with Crippen LogP contribution in [0, 0.1) is 6.92 Å². The van der Waals surface area contributed by atoms with Crippen LogP contribution in [-0.4, -0.2) is 5.84 Å². The van der Waals surface area contributed by atoms with E-state index in [1.807, 2.05) is 36.4 Å². The van der Waals surface area contributed by atoms with Crippen LogP contribution in [0.15, 0.2) is 59.6 Å². The summed E-state index contributed by atoms with van der Waals surface area (Å²) in [5.74, 6) is 0.590. The smallest absolute Gasteiger partial charge is 0.125 e. The topological polar surface area (TPSA) is 38.4 Å². The highest BCUT2D eigenvalue weighted by Gasteiger charge is 1.96. The zero-order valence-corrected chi connectivity index (χ0v) is 9.93. The monoisotopic (exact) mass is 224 g/mol. The normalized spacial score (nSPS) is 11.5. The van der Waals surface area contributed by atoms with Crippen LogP contribution >= 0.6 is 0 Å². The number of aryl methyl sites for hydroxylation is 1. The third-order valence-electron chi connectivity index (χ3n) is 2.58. The number of nitrogens with two attached hydrogens (primary N) is 1. The Morgan fingerprint density at radius 1 is 1.06 bits per heavy atom. The molecule has 0 saturated heterocycles. The minimum absolute atomic E-state index is 0.590. The van der Waals surface area contributed by atoms with E-state index in [1.54, 1.807) is 0 Å². The van der Waals surface area contributed by atoms with E-state index in [-0.39, 0.29) is 0 Å². The van der Waals surface area contributed by atoms with Crippen molar-refractivity contribution < 1.29 is 0 Å². The standard InChI is InChI=1S/C15H16N2/c1-12-6-5-7-13(10-12)11-17-15(16)14-8-3-2-4-9-14/h2-10H,11H2,1H3,(H2,16,17). The average molecular weight is 224 g/mol. The fourth-order valence-electron chi connectivity index (χ4n) is 1.69. The number of hydrogen-bond donors (Lipinski definition) is 1. The second kappa shape index (κ2) is 5.30. The number of benzene rings is 2. The van der Waals surface area contributed by atoms with Crippen molar-refractivity contribution in [3.8, 4) is 0 Å². The Morgan fingerprint density at radius 2 is 1.82 bits per heavy atom. The van der Waals surface area contributed by atoms with E-state index in [0.29, 0.717) is 12.4 Å². The molecule has 0 aliphatic heterocycles. The quantitative estimate of drug-likeness (QED) is 0.632. The first-order valence-corrected chi connectivity index (χ1v) is 5.66. The van der Waals surface area contributed by atoms with Crippen LogP contribution in [0.4, 0.5) is 0 Å². The van der Waals surface area contributed by atoms with Gasteiger partial charge in [0.15, 0.2) is 0 Å². The van der Waals surface area contributed by atoms with Crippen molar-refractivity contribution in [2.24, 2.45) is 10.7 Å². The number of nitrogens with zero attached hydrogens (tertiary/aromatic N) is 1. The highest BCUT2D eigenvalue weighted by molar-refractivity contribution is 5.97. The van der Waals surface area contributed by atoms with E-state index in [9.17, 15) is 0 Å². The first kappa shape index (κ1) is 11.4. The largest absolute Gasteiger partial charge is 0.383 e. The molecule has 2 rings (SSSR count). The fraction of sp³-hybridized carbons (Fsp3) is 0.133. The molecule has 0 heterocycles. The first-order valence-electron chi connectivity index (χ1n) is 5.66. The van der Waals surface area contributed by atoms with Crippen LogP contribution in [0.3, 0.4) is 0 Å². The molecule has 0 fully saturated rings. The minimum atomic E-state index is 0.590. The van der Waals surface area contributed by atoms with Crippen LogP contribution in [0.5, 0.6) is 0 Å². The predicted molar refractivity (Wildman–Crippen MR) is 72.0 cm³/mol. The molecule has 2 aromatic carbocycles. The summed E-state index contributed by atoms with van der Waals surface area (Å²) in [6, 6.07) is 18.1. The SMILES string of the molecule is Cc1cccc(CN=C(N)c2ccccc2)c1. The van der Waals surface area contributed by atoms with Gasteiger partial charge in [-0.1, -0.05) is 60.2 Å². The lowest BCUT2D eigenvalue weighted by molar-refractivity contribution is 1.06. The number of aliphatic imine (C=N–C) groups is 1. The molecule has 17 heavy (non-hydrogen) atoms. The van der Waals surface area contributed by atoms with E-state index in [2.05, 4.69) is 30.1 Å². The van der Waals surface area contributed by atoms with Gasteiger partial charge in [0.25, 0.3) is 0 Å². The van der Waals surface area contributed by atoms with E-state index in [4.69, 9.17) is 5.73 Å². The zero-order chi connectivity index (χ0) is 12.1. The lowest BCUT2D eigenvalue weighted by atomic mass is 10.1. The third-order valence-corrected chi connectivity index (χ3v) is 2.58. The van der Waals surface area contributed by atoms with Crippen molar-refractivity contribution in [2.75, 3.05) is 0 Å². The summed E-state index contributed by atoms with van der Waals surface area (Å²) in [5.41, 5.74) is 9.33. The second-order valence-corrected chi connectivity index (χ2v) is 4.06. The van der Waals surface area contributed by atoms with Crippen LogP contribution in [0.1, 0.15) is 16.7 Å². The summed E-state index contributed by atoms with van der Waals surface area (Å²) < 4.78 is 0. The Bertz CT molecular complexity index is 515. The highest BCUT2D eigenvalue weighted by atomic mass is 14.8. The molecule has 0 unspecified atom stereocenters. The maximum Gasteiger partial charge on any atom is 0.125 e. The Morgan fingerprint density at radius 3 is 2.53 bits per heavy atom. The van der Waals surface area contributed by atoms with Gasteiger partial charge in [0, 0.05) is 5.56 Å². The van der Waals surface area contributed by atoms with Gasteiger partial charge in [-0.15, -0.1) is 0 Å². The molecular weight excluding hydrogens is 208 g/mol. The summed E-state index contributed by atoms with van der Waals surface area (Å²) in [6.45, 7) is 2.70. The molecule has 0 bridgehead atoms. The average Bonchev–Trinajstić information content (AvgIpc) is 2.37. The van der Waals surface area contributed by atoms with E-state index >= 15 is 0 Å².